The van der Waals surface area contributed by atoms with E-state index in [1.807, 2.05) is 6.92 Å². The van der Waals surface area contributed by atoms with E-state index < -0.39 is 0 Å². The average Bonchev–Trinajstić information content (AvgIpc) is 2.52. The Morgan fingerprint density at radius 1 is 1.17 bits per heavy atom. The molecule has 2 aliphatic rings. The third kappa shape index (κ3) is 5.20. The molecule has 2 rings (SSSR count). The van der Waals surface area contributed by atoms with Crippen LogP contribution in [0.2, 0.25) is 0 Å². The quantitative estimate of drug-likeness (QED) is 0.788. The molecule has 1 N–H and O–H groups in total. The van der Waals surface area contributed by atoms with Gasteiger partial charge in [0.15, 0.2) is 0 Å². The van der Waals surface area contributed by atoms with Crippen LogP contribution in [0.15, 0.2) is 0 Å². The minimum absolute atomic E-state index is 0.0786. The normalized spacial score (nSPS) is 32.3. The Hall–Kier alpha value is -1.10. The number of piperidine rings is 1. The zero-order valence-electron chi connectivity index (χ0n) is 14.8. The number of likely N-dealkylation sites (tertiary alicyclic amines) is 1. The molecule has 0 radical (unpaired) electrons. The van der Waals surface area contributed by atoms with Crippen molar-refractivity contribution in [2.75, 3.05) is 26.2 Å². The Kier molecular flexibility index (Phi) is 6.88. The lowest BCUT2D eigenvalue weighted by molar-refractivity contribution is -0.150. The fourth-order valence-corrected chi connectivity index (χ4v) is 3.89. The minimum atomic E-state index is -0.118. The van der Waals surface area contributed by atoms with Crippen molar-refractivity contribution in [2.24, 2.45) is 17.8 Å². The second-order valence-corrected chi connectivity index (χ2v) is 7.27. The topological polar surface area (TPSA) is 58.6 Å². The molecule has 0 bridgehead atoms. The van der Waals surface area contributed by atoms with E-state index in [1.165, 1.54) is 12.8 Å². The lowest BCUT2D eigenvalue weighted by Crippen LogP contribution is -2.49. The molecule has 1 heterocycles. The van der Waals surface area contributed by atoms with Gasteiger partial charge in [-0.15, -0.1) is 0 Å². The minimum Gasteiger partial charge on any atom is -0.466 e. The Labute approximate surface area is 140 Å². The lowest BCUT2D eigenvalue weighted by Gasteiger charge is -2.36. The number of carbonyl (C=O) groups excluding carboxylic acids is 2. The summed E-state index contributed by atoms with van der Waals surface area (Å²) in [6.45, 7) is 8.70. The highest BCUT2D eigenvalue weighted by atomic mass is 16.5. The number of carbonyl (C=O) groups is 2. The molecular formula is C18H32N2O3. The highest BCUT2D eigenvalue weighted by Crippen LogP contribution is 2.29. The maximum atomic E-state index is 12.4. The largest absolute Gasteiger partial charge is 0.466 e. The summed E-state index contributed by atoms with van der Waals surface area (Å²) in [6.07, 6.45) is 5.37. The number of hydrogen-bond acceptors (Lipinski definition) is 4. The van der Waals surface area contributed by atoms with Gasteiger partial charge in [0.1, 0.15) is 0 Å². The molecule has 1 saturated heterocycles. The van der Waals surface area contributed by atoms with Crippen LogP contribution in [0.5, 0.6) is 0 Å². The van der Waals surface area contributed by atoms with Crippen LogP contribution >= 0.6 is 0 Å². The van der Waals surface area contributed by atoms with E-state index in [4.69, 9.17) is 4.74 Å². The van der Waals surface area contributed by atoms with Gasteiger partial charge in [-0.3, -0.25) is 14.5 Å². The molecule has 0 aromatic rings. The number of amides is 1. The Bertz CT molecular complexity index is 413. The monoisotopic (exact) mass is 324 g/mol. The zero-order chi connectivity index (χ0) is 16.8. The van der Waals surface area contributed by atoms with E-state index in [0.717, 1.165) is 25.8 Å². The fourth-order valence-electron chi connectivity index (χ4n) is 3.89. The van der Waals surface area contributed by atoms with Crippen LogP contribution < -0.4 is 5.32 Å². The SMILES string of the molecule is CCOC(=O)C1CCCN(CC(=O)NC2CCCC(C)C2C)C1. The van der Waals surface area contributed by atoms with Crippen molar-refractivity contribution in [3.63, 3.8) is 0 Å². The van der Waals surface area contributed by atoms with Crippen molar-refractivity contribution in [2.45, 2.75) is 58.9 Å². The highest BCUT2D eigenvalue weighted by molar-refractivity contribution is 5.78. The van der Waals surface area contributed by atoms with Gasteiger partial charge in [-0.2, -0.15) is 0 Å². The molecule has 1 aliphatic heterocycles. The van der Waals surface area contributed by atoms with Gasteiger partial charge in [0.25, 0.3) is 0 Å². The average molecular weight is 324 g/mol. The predicted molar refractivity (Wildman–Crippen MR) is 89.9 cm³/mol. The number of rotatable bonds is 5. The first-order valence-electron chi connectivity index (χ1n) is 9.19. The summed E-state index contributed by atoms with van der Waals surface area (Å²) >= 11 is 0. The molecular weight excluding hydrogens is 292 g/mol. The fraction of sp³-hybridized carbons (Fsp3) is 0.889. The van der Waals surface area contributed by atoms with Crippen molar-refractivity contribution in [3.8, 4) is 0 Å². The molecule has 0 spiro atoms. The van der Waals surface area contributed by atoms with E-state index in [2.05, 4.69) is 24.1 Å². The van der Waals surface area contributed by atoms with E-state index >= 15 is 0 Å². The van der Waals surface area contributed by atoms with E-state index in [9.17, 15) is 9.59 Å². The Morgan fingerprint density at radius 3 is 2.70 bits per heavy atom. The molecule has 132 valence electrons. The lowest BCUT2D eigenvalue weighted by atomic mass is 9.78. The molecule has 0 aromatic heterocycles. The van der Waals surface area contributed by atoms with E-state index in [1.54, 1.807) is 0 Å². The molecule has 2 fully saturated rings. The third-order valence-corrected chi connectivity index (χ3v) is 5.55. The molecule has 4 unspecified atom stereocenters. The molecule has 1 aliphatic carbocycles. The standard InChI is InChI=1S/C18H32N2O3/c1-4-23-18(22)15-8-6-10-20(11-15)12-17(21)19-16-9-5-7-13(2)14(16)3/h13-16H,4-12H2,1-3H3,(H,19,21). The first-order valence-corrected chi connectivity index (χ1v) is 9.19. The van der Waals surface area contributed by atoms with Crippen LogP contribution in [0, 0.1) is 17.8 Å². The van der Waals surface area contributed by atoms with Crippen LogP contribution in [0.3, 0.4) is 0 Å². The van der Waals surface area contributed by atoms with Gasteiger partial charge in [0.2, 0.25) is 5.91 Å². The highest BCUT2D eigenvalue weighted by Gasteiger charge is 2.30. The predicted octanol–water partition coefficient (Wildman–Crippen LogP) is 2.20. The second-order valence-electron chi connectivity index (χ2n) is 7.27. The van der Waals surface area contributed by atoms with Crippen LogP contribution in [0.25, 0.3) is 0 Å². The summed E-state index contributed by atoms with van der Waals surface area (Å²) in [6, 6.07) is 0.303. The first-order chi connectivity index (χ1) is 11.0. The van der Waals surface area contributed by atoms with Crippen LogP contribution in [-0.4, -0.2) is 49.1 Å². The second kappa shape index (κ2) is 8.67. The van der Waals surface area contributed by atoms with Gasteiger partial charge in [-0.25, -0.2) is 0 Å². The molecule has 5 nitrogen and oxygen atoms in total. The smallest absolute Gasteiger partial charge is 0.310 e. The van der Waals surface area contributed by atoms with Gasteiger partial charge in [0.05, 0.1) is 19.1 Å². The maximum Gasteiger partial charge on any atom is 0.310 e. The van der Waals surface area contributed by atoms with E-state index in [-0.39, 0.29) is 17.8 Å². The summed E-state index contributed by atoms with van der Waals surface area (Å²) in [5.41, 5.74) is 0. The van der Waals surface area contributed by atoms with Crippen molar-refractivity contribution in [1.29, 1.82) is 0 Å². The maximum absolute atomic E-state index is 12.4. The molecule has 0 aromatic carbocycles. The summed E-state index contributed by atoms with van der Waals surface area (Å²) in [7, 11) is 0. The molecule has 4 atom stereocenters. The van der Waals surface area contributed by atoms with Crippen LogP contribution in [0.1, 0.15) is 52.9 Å². The molecule has 23 heavy (non-hydrogen) atoms. The van der Waals surface area contributed by atoms with Gasteiger partial charge in [-0.1, -0.05) is 26.7 Å². The number of esters is 1. The van der Waals surface area contributed by atoms with Gasteiger partial charge >= 0.3 is 5.97 Å². The Morgan fingerprint density at radius 2 is 1.96 bits per heavy atom. The van der Waals surface area contributed by atoms with Gasteiger partial charge in [0, 0.05) is 12.6 Å². The van der Waals surface area contributed by atoms with Crippen molar-refractivity contribution in [3.05, 3.63) is 0 Å². The third-order valence-electron chi connectivity index (χ3n) is 5.55. The summed E-state index contributed by atoms with van der Waals surface area (Å²) < 4.78 is 5.12. The van der Waals surface area contributed by atoms with Crippen molar-refractivity contribution >= 4 is 11.9 Å². The van der Waals surface area contributed by atoms with Crippen LogP contribution in [0.4, 0.5) is 0 Å². The number of hydrogen-bond donors (Lipinski definition) is 1. The summed E-state index contributed by atoms with van der Waals surface area (Å²) in [5, 5.41) is 3.22. The van der Waals surface area contributed by atoms with Crippen LogP contribution in [-0.2, 0) is 14.3 Å². The molecule has 1 saturated carbocycles. The molecule has 1 amide bonds. The number of nitrogens with one attached hydrogen (secondary N) is 1. The Balaban J connectivity index is 1.79. The van der Waals surface area contributed by atoms with Gasteiger partial charge in [-0.05, 0) is 44.6 Å². The van der Waals surface area contributed by atoms with Gasteiger partial charge < -0.3 is 10.1 Å². The van der Waals surface area contributed by atoms with Crippen molar-refractivity contribution < 1.29 is 14.3 Å². The molecule has 5 heteroatoms. The van der Waals surface area contributed by atoms with E-state index in [0.29, 0.717) is 37.6 Å². The van der Waals surface area contributed by atoms with Crippen molar-refractivity contribution in [1.82, 2.24) is 10.2 Å². The number of ether oxygens (including phenoxy) is 1. The summed E-state index contributed by atoms with van der Waals surface area (Å²) in [5.74, 6) is 1.12. The first kappa shape index (κ1) is 18.2. The zero-order valence-corrected chi connectivity index (χ0v) is 14.8. The number of nitrogens with zero attached hydrogens (tertiary/aromatic N) is 1. The summed E-state index contributed by atoms with van der Waals surface area (Å²) in [4.78, 5) is 26.3.